The highest BCUT2D eigenvalue weighted by atomic mass is 32.2. The van der Waals surface area contributed by atoms with Crippen LogP contribution in [0.25, 0.3) is 11.1 Å². The molecule has 1 amide bonds. The van der Waals surface area contributed by atoms with Crippen molar-refractivity contribution in [3.05, 3.63) is 60.2 Å². The topological polar surface area (TPSA) is 49.3 Å². The first-order valence-electron chi connectivity index (χ1n) is 9.31. The van der Waals surface area contributed by atoms with Crippen molar-refractivity contribution in [3.8, 4) is 11.1 Å². The third kappa shape index (κ3) is 5.12. The van der Waals surface area contributed by atoms with Gasteiger partial charge in [-0.05, 0) is 36.5 Å². The van der Waals surface area contributed by atoms with Crippen LogP contribution in [0.4, 0.5) is 0 Å². The van der Waals surface area contributed by atoms with Crippen LogP contribution in [-0.2, 0) is 10.4 Å². The van der Waals surface area contributed by atoms with Gasteiger partial charge in [0.05, 0.1) is 12.3 Å². The molecule has 1 saturated carbocycles. The Labute approximate surface area is 160 Å². The summed E-state index contributed by atoms with van der Waals surface area (Å²) >= 11 is 1.74. The predicted molar refractivity (Wildman–Crippen MR) is 109 cm³/mol. The van der Waals surface area contributed by atoms with Crippen molar-refractivity contribution in [2.75, 3.05) is 12.3 Å². The normalized spacial score (nSPS) is 17.0. The van der Waals surface area contributed by atoms with Gasteiger partial charge in [0.15, 0.2) is 0 Å². The second kappa shape index (κ2) is 8.74. The van der Waals surface area contributed by atoms with Gasteiger partial charge in [-0.3, -0.25) is 4.79 Å². The maximum atomic E-state index is 12.1. The van der Waals surface area contributed by atoms with Gasteiger partial charge in [-0.25, -0.2) is 0 Å². The van der Waals surface area contributed by atoms with E-state index >= 15 is 0 Å². The molecule has 0 spiro atoms. The van der Waals surface area contributed by atoms with Gasteiger partial charge in [0.2, 0.25) is 5.91 Å². The van der Waals surface area contributed by atoms with Gasteiger partial charge in [-0.1, -0.05) is 67.4 Å². The number of hydrogen-bond donors (Lipinski definition) is 2. The number of aliphatic hydroxyl groups is 1. The fourth-order valence-corrected chi connectivity index (χ4v) is 4.48. The third-order valence-corrected chi connectivity index (χ3v) is 6.37. The quantitative estimate of drug-likeness (QED) is 0.763. The van der Waals surface area contributed by atoms with Crippen molar-refractivity contribution in [1.29, 1.82) is 0 Å². The van der Waals surface area contributed by atoms with E-state index in [1.165, 1.54) is 25.7 Å². The molecule has 1 atom stereocenters. The molecular weight excluding hydrogens is 342 g/mol. The van der Waals surface area contributed by atoms with E-state index in [0.717, 1.165) is 16.7 Å². The molecule has 2 aromatic carbocycles. The Hall–Kier alpha value is -1.78. The number of benzene rings is 2. The van der Waals surface area contributed by atoms with E-state index in [1.54, 1.807) is 18.7 Å². The fourth-order valence-electron chi connectivity index (χ4n) is 3.32. The first kappa shape index (κ1) is 19.0. The molecule has 1 aliphatic rings. The van der Waals surface area contributed by atoms with Crippen LogP contribution in [-0.4, -0.2) is 28.6 Å². The van der Waals surface area contributed by atoms with Gasteiger partial charge < -0.3 is 10.4 Å². The van der Waals surface area contributed by atoms with Crippen LogP contribution >= 0.6 is 11.8 Å². The number of nitrogens with one attached hydrogen (secondary N) is 1. The van der Waals surface area contributed by atoms with Crippen LogP contribution in [0.3, 0.4) is 0 Å². The highest BCUT2D eigenvalue weighted by molar-refractivity contribution is 8.00. The van der Waals surface area contributed by atoms with Crippen LogP contribution in [0.15, 0.2) is 54.6 Å². The maximum Gasteiger partial charge on any atom is 0.230 e. The van der Waals surface area contributed by atoms with E-state index in [9.17, 15) is 9.90 Å². The smallest absolute Gasteiger partial charge is 0.230 e. The molecule has 0 heterocycles. The molecule has 0 saturated heterocycles. The van der Waals surface area contributed by atoms with E-state index < -0.39 is 5.60 Å². The van der Waals surface area contributed by atoms with Gasteiger partial charge in [0.25, 0.3) is 0 Å². The minimum atomic E-state index is -1.08. The Kier molecular flexibility index (Phi) is 6.38. The Morgan fingerprint density at radius 2 is 1.69 bits per heavy atom. The number of carbonyl (C=O) groups is 1. The van der Waals surface area contributed by atoms with Gasteiger partial charge >= 0.3 is 0 Å². The molecule has 0 aromatic heterocycles. The van der Waals surface area contributed by atoms with Crippen LogP contribution in [0.2, 0.25) is 0 Å². The van der Waals surface area contributed by atoms with E-state index in [0.29, 0.717) is 11.0 Å². The van der Waals surface area contributed by atoms with E-state index in [-0.39, 0.29) is 12.5 Å². The molecule has 1 unspecified atom stereocenters. The number of hydrogen-bond acceptors (Lipinski definition) is 3. The zero-order valence-electron chi connectivity index (χ0n) is 15.3. The highest BCUT2D eigenvalue weighted by Crippen LogP contribution is 2.29. The molecule has 0 radical (unpaired) electrons. The van der Waals surface area contributed by atoms with Crippen LogP contribution in [0.1, 0.15) is 38.2 Å². The summed E-state index contributed by atoms with van der Waals surface area (Å²) in [6.45, 7) is 1.97. The molecule has 3 nitrogen and oxygen atoms in total. The first-order chi connectivity index (χ1) is 12.5. The predicted octanol–water partition coefficient (Wildman–Crippen LogP) is 4.35. The van der Waals surface area contributed by atoms with Gasteiger partial charge in [0.1, 0.15) is 5.60 Å². The molecule has 26 heavy (non-hydrogen) atoms. The summed E-state index contributed by atoms with van der Waals surface area (Å²) in [5, 5.41) is 14.3. The summed E-state index contributed by atoms with van der Waals surface area (Å²) in [5.41, 5.74) is 1.99. The lowest BCUT2D eigenvalue weighted by molar-refractivity contribution is -0.119. The van der Waals surface area contributed by atoms with Crippen LogP contribution < -0.4 is 5.32 Å². The second-order valence-corrected chi connectivity index (χ2v) is 8.50. The molecule has 3 rings (SSSR count). The van der Waals surface area contributed by atoms with Crippen molar-refractivity contribution >= 4 is 17.7 Å². The lowest BCUT2D eigenvalue weighted by Gasteiger charge is -2.24. The molecule has 2 N–H and O–H groups in total. The third-order valence-electron chi connectivity index (χ3n) is 5.00. The average Bonchev–Trinajstić information content (AvgIpc) is 3.19. The van der Waals surface area contributed by atoms with E-state index in [2.05, 4.69) is 17.4 Å². The molecule has 4 heteroatoms. The van der Waals surface area contributed by atoms with Crippen molar-refractivity contribution in [1.82, 2.24) is 5.32 Å². The van der Waals surface area contributed by atoms with Gasteiger partial charge in [-0.15, -0.1) is 11.8 Å². The zero-order valence-corrected chi connectivity index (χ0v) is 16.1. The second-order valence-electron chi connectivity index (χ2n) is 7.21. The van der Waals surface area contributed by atoms with Crippen molar-refractivity contribution in [3.63, 3.8) is 0 Å². The molecule has 138 valence electrons. The van der Waals surface area contributed by atoms with E-state index in [1.807, 2.05) is 42.5 Å². The standard InChI is InChI=1S/C22H27NO2S/c1-22(25,16-23-21(24)15-26-20-9-5-6-10-20)19-13-11-18(12-14-19)17-7-3-2-4-8-17/h2-4,7-8,11-14,20,25H,5-6,9-10,15-16H2,1H3,(H,23,24). The number of thioether (sulfide) groups is 1. The minimum absolute atomic E-state index is 0.00285. The largest absolute Gasteiger partial charge is 0.384 e. The Balaban J connectivity index is 1.53. The summed E-state index contributed by atoms with van der Waals surface area (Å²) in [7, 11) is 0. The number of rotatable bonds is 7. The number of amides is 1. The lowest BCUT2D eigenvalue weighted by Crippen LogP contribution is -2.39. The highest BCUT2D eigenvalue weighted by Gasteiger charge is 2.24. The zero-order chi connectivity index (χ0) is 18.4. The Morgan fingerprint density at radius 1 is 1.08 bits per heavy atom. The fraction of sp³-hybridized carbons (Fsp3) is 0.409. The summed E-state index contributed by atoms with van der Waals surface area (Å²) in [5.74, 6) is 0.483. The number of carbonyl (C=O) groups excluding carboxylic acids is 1. The van der Waals surface area contributed by atoms with Crippen LogP contribution in [0, 0.1) is 0 Å². The summed E-state index contributed by atoms with van der Waals surface area (Å²) in [6, 6.07) is 18.0. The molecular formula is C22H27NO2S. The molecule has 0 bridgehead atoms. The SMILES string of the molecule is CC(O)(CNC(=O)CSC1CCCC1)c1ccc(-c2ccccc2)cc1. The molecule has 1 fully saturated rings. The van der Waals surface area contributed by atoms with Gasteiger partial charge in [0, 0.05) is 5.25 Å². The summed E-state index contributed by atoms with van der Waals surface area (Å²) < 4.78 is 0. The van der Waals surface area contributed by atoms with Crippen molar-refractivity contribution in [2.24, 2.45) is 0 Å². The monoisotopic (exact) mass is 369 g/mol. The first-order valence-corrected chi connectivity index (χ1v) is 10.4. The minimum Gasteiger partial charge on any atom is -0.384 e. The molecule has 0 aliphatic heterocycles. The Morgan fingerprint density at radius 3 is 2.35 bits per heavy atom. The summed E-state index contributed by atoms with van der Waals surface area (Å²) in [6.07, 6.45) is 5.02. The lowest BCUT2D eigenvalue weighted by atomic mass is 9.93. The Bertz CT molecular complexity index is 707. The average molecular weight is 370 g/mol. The molecule has 1 aliphatic carbocycles. The molecule has 2 aromatic rings. The van der Waals surface area contributed by atoms with Crippen molar-refractivity contribution in [2.45, 2.75) is 43.5 Å². The summed E-state index contributed by atoms with van der Waals surface area (Å²) in [4.78, 5) is 12.1. The maximum absolute atomic E-state index is 12.1. The van der Waals surface area contributed by atoms with Crippen LogP contribution in [0.5, 0.6) is 0 Å². The van der Waals surface area contributed by atoms with Crippen molar-refractivity contribution < 1.29 is 9.90 Å². The van der Waals surface area contributed by atoms with Gasteiger partial charge in [-0.2, -0.15) is 0 Å². The van der Waals surface area contributed by atoms with E-state index in [4.69, 9.17) is 0 Å².